The van der Waals surface area contributed by atoms with E-state index in [9.17, 15) is 0 Å². The van der Waals surface area contributed by atoms with Gasteiger partial charge in [0.1, 0.15) is 5.75 Å². The zero-order chi connectivity index (χ0) is 13.2. The standard InChI is InChI=1S/C15H24N2O/c1-15(2)5-4-7-17(8-6-15)13-9-12(16)10-14(11-13)18-3/h9-11H,4-8,16H2,1-3H3. The summed E-state index contributed by atoms with van der Waals surface area (Å²) in [4.78, 5) is 2.42. The van der Waals surface area contributed by atoms with Crippen molar-refractivity contribution in [2.24, 2.45) is 5.41 Å². The molecule has 1 aliphatic rings. The van der Waals surface area contributed by atoms with E-state index in [2.05, 4.69) is 24.8 Å². The summed E-state index contributed by atoms with van der Waals surface area (Å²) in [5.74, 6) is 0.841. The molecule has 100 valence electrons. The number of hydrogen-bond acceptors (Lipinski definition) is 3. The van der Waals surface area contributed by atoms with Crippen LogP contribution in [0.5, 0.6) is 5.75 Å². The topological polar surface area (TPSA) is 38.5 Å². The van der Waals surface area contributed by atoms with Gasteiger partial charge in [0.2, 0.25) is 0 Å². The second-order valence-electron chi connectivity index (χ2n) is 5.97. The summed E-state index contributed by atoms with van der Waals surface area (Å²) in [5, 5.41) is 0. The van der Waals surface area contributed by atoms with Crippen molar-refractivity contribution in [3.05, 3.63) is 18.2 Å². The summed E-state index contributed by atoms with van der Waals surface area (Å²) in [6.45, 7) is 6.92. The molecule has 3 nitrogen and oxygen atoms in total. The molecule has 1 heterocycles. The fraction of sp³-hybridized carbons (Fsp3) is 0.600. The van der Waals surface area contributed by atoms with Gasteiger partial charge in [0.25, 0.3) is 0 Å². The van der Waals surface area contributed by atoms with Gasteiger partial charge in [0.15, 0.2) is 0 Å². The number of rotatable bonds is 2. The van der Waals surface area contributed by atoms with Crippen LogP contribution >= 0.6 is 0 Å². The van der Waals surface area contributed by atoms with Crippen LogP contribution in [0.2, 0.25) is 0 Å². The van der Waals surface area contributed by atoms with Crippen LogP contribution in [-0.2, 0) is 0 Å². The summed E-state index contributed by atoms with van der Waals surface area (Å²) < 4.78 is 5.29. The van der Waals surface area contributed by atoms with Gasteiger partial charge in [-0.25, -0.2) is 0 Å². The van der Waals surface area contributed by atoms with Crippen LogP contribution in [0, 0.1) is 5.41 Å². The second kappa shape index (κ2) is 5.09. The van der Waals surface area contributed by atoms with Crippen molar-refractivity contribution in [3.8, 4) is 5.75 Å². The summed E-state index contributed by atoms with van der Waals surface area (Å²) >= 11 is 0. The number of nitrogen functional groups attached to an aromatic ring is 1. The Kier molecular flexibility index (Phi) is 3.69. The second-order valence-corrected chi connectivity index (χ2v) is 5.97. The molecule has 1 aliphatic heterocycles. The molecule has 1 aromatic carbocycles. The third kappa shape index (κ3) is 3.09. The fourth-order valence-corrected chi connectivity index (χ4v) is 2.59. The smallest absolute Gasteiger partial charge is 0.122 e. The van der Waals surface area contributed by atoms with E-state index in [1.54, 1.807) is 7.11 Å². The average Bonchev–Trinajstić information content (AvgIpc) is 2.49. The molecule has 0 atom stereocenters. The Bertz CT molecular complexity index is 415. The molecular formula is C15H24N2O. The molecule has 2 N–H and O–H groups in total. The van der Waals surface area contributed by atoms with Crippen molar-refractivity contribution >= 4 is 11.4 Å². The SMILES string of the molecule is COc1cc(N)cc(N2CCCC(C)(C)CC2)c1. The number of nitrogens with two attached hydrogens (primary N) is 1. The van der Waals surface area contributed by atoms with E-state index in [0.29, 0.717) is 5.41 Å². The third-order valence-corrected chi connectivity index (χ3v) is 3.85. The summed E-state index contributed by atoms with van der Waals surface area (Å²) in [6.07, 6.45) is 3.76. The molecular weight excluding hydrogens is 224 g/mol. The highest BCUT2D eigenvalue weighted by molar-refractivity contribution is 5.60. The highest BCUT2D eigenvalue weighted by Gasteiger charge is 2.23. The molecule has 1 saturated heterocycles. The number of benzene rings is 1. The van der Waals surface area contributed by atoms with Gasteiger partial charge in [-0.15, -0.1) is 0 Å². The van der Waals surface area contributed by atoms with Crippen molar-refractivity contribution in [3.63, 3.8) is 0 Å². The first-order valence-corrected chi connectivity index (χ1v) is 6.70. The van der Waals surface area contributed by atoms with Gasteiger partial charge in [-0.1, -0.05) is 13.8 Å². The van der Waals surface area contributed by atoms with E-state index in [4.69, 9.17) is 10.5 Å². The quantitative estimate of drug-likeness (QED) is 0.816. The van der Waals surface area contributed by atoms with Crippen LogP contribution in [0.4, 0.5) is 11.4 Å². The highest BCUT2D eigenvalue weighted by Crippen LogP contribution is 2.33. The van der Waals surface area contributed by atoms with Crippen molar-refractivity contribution in [1.82, 2.24) is 0 Å². The van der Waals surface area contributed by atoms with E-state index in [0.717, 1.165) is 24.5 Å². The maximum Gasteiger partial charge on any atom is 0.122 e. The first kappa shape index (κ1) is 13.1. The number of anilines is 2. The van der Waals surface area contributed by atoms with Crippen molar-refractivity contribution < 1.29 is 4.74 Å². The normalized spacial score (nSPS) is 19.4. The number of ether oxygens (including phenoxy) is 1. The Balaban J connectivity index is 2.18. The van der Waals surface area contributed by atoms with Crippen molar-refractivity contribution in [1.29, 1.82) is 0 Å². The Morgan fingerprint density at radius 1 is 1.17 bits per heavy atom. The summed E-state index contributed by atoms with van der Waals surface area (Å²) in [6, 6.07) is 5.99. The van der Waals surface area contributed by atoms with E-state index < -0.39 is 0 Å². The highest BCUT2D eigenvalue weighted by atomic mass is 16.5. The number of nitrogens with zero attached hydrogens (tertiary/aromatic N) is 1. The molecule has 0 aliphatic carbocycles. The van der Waals surface area contributed by atoms with Crippen LogP contribution in [-0.4, -0.2) is 20.2 Å². The Labute approximate surface area is 110 Å². The largest absolute Gasteiger partial charge is 0.497 e. The maximum atomic E-state index is 5.93. The Morgan fingerprint density at radius 3 is 2.67 bits per heavy atom. The maximum absolute atomic E-state index is 5.93. The third-order valence-electron chi connectivity index (χ3n) is 3.85. The van der Waals surface area contributed by atoms with Crippen molar-refractivity contribution in [2.45, 2.75) is 33.1 Å². The summed E-state index contributed by atoms with van der Waals surface area (Å²) in [7, 11) is 1.68. The van der Waals surface area contributed by atoms with Crippen LogP contribution < -0.4 is 15.4 Å². The molecule has 1 fully saturated rings. The molecule has 0 bridgehead atoms. The summed E-state index contributed by atoms with van der Waals surface area (Å²) in [5.41, 5.74) is 8.34. The lowest BCUT2D eigenvalue weighted by Crippen LogP contribution is -2.25. The Hall–Kier alpha value is -1.38. The fourth-order valence-electron chi connectivity index (χ4n) is 2.59. The lowest BCUT2D eigenvalue weighted by molar-refractivity contribution is 0.325. The molecule has 0 amide bonds. The van der Waals surface area contributed by atoms with Crippen LogP contribution in [0.15, 0.2) is 18.2 Å². The molecule has 18 heavy (non-hydrogen) atoms. The molecule has 0 aromatic heterocycles. The van der Waals surface area contributed by atoms with E-state index in [1.807, 2.05) is 12.1 Å². The minimum absolute atomic E-state index is 0.458. The van der Waals surface area contributed by atoms with Gasteiger partial charge in [0.05, 0.1) is 7.11 Å². The van der Waals surface area contributed by atoms with Gasteiger partial charge in [-0.05, 0) is 30.7 Å². The monoisotopic (exact) mass is 248 g/mol. The first-order valence-electron chi connectivity index (χ1n) is 6.70. The Morgan fingerprint density at radius 2 is 1.94 bits per heavy atom. The van der Waals surface area contributed by atoms with Gasteiger partial charge in [-0.3, -0.25) is 0 Å². The molecule has 2 rings (SSSR count). The minimum Gasteiger partial charge on any atom is -0.497 e. The predicted molar refractivity (Wildman–Crippen MR) is 77.3 cm³/mol. The molecule has 0 radical (unpaired) electrons. The van der Waals surface area contributed by atoms with Crippen LogP contribution in [0.1, 0.15) is 33.1 Å². The molecule has 1 aromatic rings. The number of hydrogen-bond donors (Lipinski definition) is 1. The first-order chi connectivity index (χ1) is 8.50. The van der Waals surface area contributed by atoms with E-state index in [-0.39, 0.29) is 0 Å². The minimum atomic E-state index is 0.458. The lowest BCUT2D eigenvalue weighted by atomic mass is 9.85. The van der Waals surface area contributed by atoms with Gasteiger partial charge >= 0.3 is 0 Å². The van der Waals surface area contributed by atoms with Crippen LogP contribution in [0.25, 0.3) is 0 Å². The van der Waals surface area contributed by atoms with E-state index in [1.165, 1.54) is 24.9 Å². The zero-order valence-electron chi connectivity index (χ0n) is 11.7. The average molecular weight is 248 g/mol. The van der Waals surface area contributed by atoms with Gasteiger partial charge < -0.3 is 15.4 Å². The van der Waals surface area contributed by atoms with E-state index >= 15 is 0 Å². The van der Waals surface area contributed by atoms with Gasteiger partial charge in [-0.2, -0.15) is 0 Å². The molecule has 3 heteroatoms. The molecule has 0 spiro atoms. The zero-order valence-corrected chi connectivity index (χ0v) is 11.7. The number of methoxy groups -OCH3 is 1. The molecule has 0 unspecified atom stereocenters. The van der Waals surface area contributed by atoms with Crippen molar-refractivity contribution in [2.75, 3.05) is 30.8 Å². The van der Waals surface area contributed by atoms with Gasteiger partial charge in [0, 0.05) is 36.6 Å². The predicted octanol–water partition coefficient (Wildman–Crippen LogP) is 3.29. The molecule has 0 saturated carbocycles. The lowest BCUT2D eigenvalue weighted by Gasteiger charge is -2.25. The van der Waals surface area contributed by atoms with Crippen LogP contribution in [0.3, 0.4) is 0 Å².